The first-order chi connectivity index (χ1) is 8.13. The summed E-state index contributed by atoms with van der Waals surface area (Å²) in [6.07, 6.45) is 2.09. The number of carboxylic acid groups (broad SMARTS) is 1. The lowest BCUT2D eigenvalue weighted by atomic mass is 10.1. The summed E-state index contributed by atoms with van der Waals surface area (Å²) in [6.45, 7) is 1.62. The lowest BCUT2D eigenvalue weighted by Gasteiger charge is -2.04. The third kappa shape index (κ3) is 1.97. The van der Waals surface area contributed by atoms with Crippen LogP contribution in [0.2, 0.25) is 0 Å². The quantitative estimate of drug-likeness (QED) is 0.864. The van der Waals surface area contributed by atoms with Crippen LogP contribution in [0, 0.1) is 17.2 Å². The maximum atomic E-state index is 10.8. The summed E-state index contributed by atoms with van der Waals surface area (Å²) < 4.78 is 1.76. The Hall–Kier alpha value is -2.35. The summed E-state index contributed by atoms with van der Waals surface area (Å²) >= 11 is 0. The predicted octanol–water partition coefficient (Wildman–Crippen LogP) is 1.47. The smallest absolute Gasteiger partial charge is 0.306 e. The van der Waals surface area contributed by atoms with Gasteiger partial charge in [-0.1, -0.05) is 13.0 Å². The molecule has 2 aromatic heterocycles. The standard InChI is InChI=1S/C12H11N3O2/c1-8(12(16)17)6-11-14-9(7-13)10-4-2-3-5-15(10)11/h2-5,8H,6H2,1H3,(H,16,17). The lowest BCUT2D eigenvalue weighted by Crippen LogP contribution is -2.14. The van der Waals surface area contributed by atoms with Gasteiger partial charge in [-0.2, -0.15) is 5.26 Å². The molecule has 86 valence electrons. The van der Waals surface area contributed by atoms with E-state index in [-0.39, 0.29) is 0 Å². The summed E-state index contributed by atoms with van der Waals surface area (Å²) in [5.74, 6) is -0.782. The van der Waals surface area contributed by atoms with Crippen molar-refractivity contribution in [1.29, 1.82) is 5.26 Å². The Morgan fingerprint density at radius 1 is 1.65 bits per heavy atom. The Labute approximate surface area is 97.9 Å². The van der Waals surface area contributed by atoms with Gasteiger partial charge in [0.05, 0.1) is 11.4 Å². The summed E-state index contributed by atoms with van der Waals surface area (Å²) in [5.41, 5.74) is 1.04. The summed E-state index contributed by atoms with van der Waals surface area (Å²) in [7, 11) is 0. The van der Waals surface area contributed by atoms with Gasteiger partial charge < -0.3 is 9.51 Å². The number of carbonyl (C=O) groups is 1. The molecule has 0 aliphatic carbocycles. The second-order valence-electron chi connectivity index (χ2n) is 3.89. The van der Waals surface area contributed by atoms with E-state index in [1.54, 1.807) is 23.6 Å². The monoisotopic (exact) mass is 229 g/mol. The van der Waals surface area contributed by atoms with Gasteiger partial charge in [0.2, 0.25) is 0 Å². The van der Waals surface area contributed by atoms with Crippen LogP contribution in [-0.4, -0.2) is 20.5 Å². The minimum absolute atomic E-state index is 0.308. The molecule has 2 heterocycles. The molecule has 0 saturated heterocycles. The van der Waals surface area contributed by atoms with Crippen LogP contribution >= 0.6 is 0 Å². The molecule has 5 nitrogen and oxygen atoms in total. The number of imidazole rings is 1. The zero-order valence-electron chi connectivity index (χ0n) is 9.29. The van der Waals surface area contributed by atoms with Crippen LogP contribution in [0.25, 0.3) is 5.52 Å². The normalized spacial score (nSPS) is 12.2. The average molecular weight is 229 g/mol. The number of nitriles is 1. The fourth-order valence-corrected chi connectivity index (χ4v) is 1.69. The van der Waals surface area contributed by atoms with Crippen molar-refractivity contribution in [2.75, 3.05) is 0 Å². The van der Waals surface area contributed by atoms with E-state index < -0.39 is 11.9 Å². The number of nitrogens with zero attached hydrogens (tertiary/aromatic N) is 3. The van der Waals surface area contributed by atoms with Gasteiger partial charge >= 0.3 is 5.97 Å². The average Bonchev–Trinajstić information content (AvgIpc) is 2.68. The molecule has 5 heteroatoms. The van der Waals surface area contributed by atoms with E-state index in [1.807, 2.05) is 18.2 Å². The minimum atomic E-state index is -0.865. The van der Waals surface area contributed by atoms with E-state index in [0.717, 1.165) is 0 Å². The summed E-state index contributed by atoms with van der Waals surface area (Å²) in [4.78, 5) is 15.0. The lowest BCUT2D eigenvalue weighted by molar-refractivity contribution is -0.141. The van der Waals surface area contributed by atoms with Crippen molar-refractivity contribution in [3.05, 3.63) is 35.9 Å². The molecule has 1 N–H and O–H groups in total. The van der Waals surface area contributed by atoms with Gasteiger partial charge in [0.25, 0.3) is 0 Å². The van der Waals surface area contributed by atoms with E-state index in [2.05, 4.69) is 4.98 Å². The summed E-state index contributed by atoms with van der Waals surface area (Å²) in [6, 6.07) is 7.45. The number of hydrogen-bond donors (Lipinski definition) is 1. The minimum Gasteiger partial charge on any atom is -0.481 e. The van der Waals surface area contributed by atoms with Crippen molar-refractivity contribution in [2.24, 2.45) is 5.92 Å². The van der Waals surface area contributed by atoms with E-state index in [1.165, 1.54) is 0 Å². The maximum Gasteiger partial charge on any atom is 0.306 e. The van der Waals surface area contributed by atoms with Crippen molar-refractivity contribution in [1.82, 2.24) is 9.38 Å². The van der Waals surface area contributed by atoms with Crippen molar-refractivity contribution in [3.8, 4) is 6.07 Å². The molecule has 2 rings (SSSR count). The van der Waals surface area contributed by atoms with Gasteiger partial charge in [0.1, 0.15) is 11.9 Å². The Bertz CT molecular complexity index is 610. The first-order valence-corrected chi connectivity index (χ1v) is 5.22. The highest BCUT2D eigenvalue weighted by molar-refractivity contribution is 5.70. The van der Waals surface area contributed by atoms with E-state index >= 15 is 0 Å². The van der Waals surface area contributed by atoms with Crippen LogP contribution < -0.4 is 0 Å². The fraction of sp³-hybridized carbons (Fsp3) is 0.250. The molecule has 2 aromatic rings. The Kier molecular flexibility index (Phi) is 2.79. The van der Waals surface area contributed by atoms with Gasteiger partial charge in [0, 0.05) is 12.6 Å². The highest BCUT2D eigenvalue weighted by Gasteiger charge is 2.17. The number of rotatable bonds is 3. The molecular weight excluding hydrogens is 218 g/mol. The maximum absolute atomic E-state index is 10.8. The number of pyridine rings is 1. The topological polar surface area (TPSA) is 78.4 Å². The van der Waals surface area contributed by atoms with Crippen molar-refractivity contribution < 1.29 is 9.90 Å². The fourth-order valence-electron chi connectivity index (χ4n) is 1.69. The SMILES string of the molecule is CC(Cc1nc(C#N)c2ccccn12)C(=O)O. The molecule has 0 aromatic carbocycles. The van der Waals surface area contributed by atoms with Crippen molar-refractivity contribution in [3.63, 3.8) is 0 Å². The van der Waals surface area contributed by atoms with Gasteiger partial charge in [-0.05, 0) is 12.1 Å². The number of aliphatic carboxylic acids is 1. The van der Waals surface area contributed by atoms with E-state index in [0.29, 0.717) is 23.5 Å². The van der Waals surface area contributed by atoms with Gasteiger partial charge in [-0.25, -0.2) is 4.98 Å². The van der Waals surface area contributed by atoms with Crippen LogP contribution in [-0.2, 0) is 11.2 Å². The largest absolute Gasteiger partial charge is 0.481 e. The number of aromatic nitrogens is 2. The molecule has 0 spiro atoms. The molecule has 1 atom stereocenters. The Balaban J connectivity index is 2.48. The Morgan fingerprint density at radius 3 is 3.06 bits per heavy atom. The number of hydrogen-bond acceptors (Lipinski definition) is 3. The molecule has 17 heavy (non-hydrogen) atoms. The first kappa shape index (κ1) is 11.1. The molecule has 0 aliphatic heterocycles. The van der Waals surface area contributed by atoms with E-state index in [9.17, 15) is 4.79 Å². The summed E-state index contributed by atoms with van der Waals surface area (Å²) in [5, 5.41) is 17.8. The molecular formula is C12H11N3O2. The molecule has 0 bridgehead atoms. The first-order valence-electron chi connectivity index (χ1n) is 5.22. The van der Waals surface area contributed by atoms with E-state index in [4.69, 9.17) is 10.4 Å². The van der Waals surface area contributed by atoms with Crippen LogP contribution in [0.5, 0.6) is 0 Å². The van der Waals surface area contributed by atoms with Crippen LogP contribution in [0.1, 0.15) is 18.4 Å². The van der Waals surface area contributed by atoms with Crippen LogP contribution in [0.15, 0.2) is 24.4 Å². The molecule has 0 saturated carbocycles. The highest BCUT2D eigenvalue weighted by Crippen LogP contribution is 2.15. The second-order valence-corrected chi connectivity index (χ2v) is 3.89. The molecule has 0 fully saturated rings. The van der Waals surface area contributed by atoms with Crippen LogP contribution in [0.3, 0.4) is 0 Å². The highest BCUT2D eigenvalue weighted by atomic mass is 16.4. The van der Waals surface area contributed by atoms with Gasteiger partial charge in [-0.15, -0.1) is 0 Å². The molecule has 1 unspecified atom stereocenters. The second kappa shape index (κ2) is 4.26. The zero-order chi connectivity index (χ0) is 12.4. The Morgan fingerprint density at radius 2 is 2.41 bits per heavy atom. The number of fused-ring (bicyclic) bond motifs is 1. The third-order valence-corrected chi connectivity index (χ3v) is 2.64. The number of carboxylic acids is 1. The van der Waals surface area contributed by atoms with Crippen molar-refractivity contribution in [2.45, 2.75) is 13.3 Å². The molecule has 0 amide bonds. The van der Waals surface area contributed by atoms with Crippen molar-refractivity contribution >= 4 is 11.5 Å². The van der Waals surface area contributed by atoms with Gasteiger partial charge in [0.15, 0.2) is 5.69 Å². The molecule has 0 aliphatic rings. The zero-order valence-corrected chi connectivity index (χ0v) is 9.29. The molecule has 0 radical (unpaired) electrons. The van der Waals surface area contributed by atoms with Crippen LogP contribution in [0.4, 0.5) is 0 Å². The predicted molar refractivity (Wildman–Crippen MR) is 60.4 cm³/mol. The third-order valence-electron chi connectivity index (χ3n) is 2.64. The van der Waals surface area contributed by atoms with Gasteiger partial charge in [-0.3, -0.25) is 4.79 Å².